The van der Waals surface area contributed by atoms with Crippen molar-refractivity contribution in [2.75, 3.05) is 5.32 Å². The van der Waals surface area contributed by atoms with Crippen LogP contribution in [-0.4, -0.2) is 10.8 Å². The number of benzene rings is 2. The molecule has 0 bridgehead atoms. The van der Waals surface area contributed by atoms with E-state index >= 15 is 0 Å². The Kier molecular flexibility index (Phi) is 5.59. The number of carbonyl (C=O) groups excluding carboxylic acids is 1. The molecular weight excluding hydrogens is 351 g/mol. The van der Waals surface area contributed by atoms with E-state index in [0.29, 0.717) is 21.2 Å². The number of nitro groups is 1. The quantitative estimate of drug-likeness (QED) is 0.462. The van der Waals surface area contributed by atoms with E-state index in [9.17, 15) is 14.9 Å². The number of rotatable bonds is 4. The molecule has 0 aliphatic rings. The van der Waals surface area contributed by atoms with Gasteiger partial charge in [0.2, 0.25) is 5.91 Å². The van der Waals surface area contributed by atoms with Crippen molar-refractivity contribution in [2.45, 2.75) is 13.8 Å². The van der Waals surface area contributed by atoms with Gasteiger partial charge in [-0.05, 0) is 48.7 Å². The molecule has 2 aromatic carbocycles. The molecule has 0 aromatic heterocycles. The summed E-state index contributed by atoms with van der Waals surface area (Å²) in [6, 6.07) is 7.91. The molecule has 0 saturated carbocycles. The highest BCUT2D eigenvalue weighted by molar-refractivity contribution is 6.35. The van der Waals surface area contributed by atoms with Crippen LogP contribution in [0.25, 0.3) is 6.08 Å². The summed E-state index contributed by atoms with van der Waals surface area (Å²) in [6.45, 7) is 3.54. The average Bonchev–Trinajstić information content (AvgIpc) is 2.50. The van der Waals surface area contributed by atoms with Crippen molar-refractivity contribution < 1.29 is 9.72 Å². The lowest BCUT2D eigenvalue weighted by molar-refractivity contribution is -0.384. The molecule has 0 aliphatic heterocycles. The third-order valence-electron chi connectivity index (χ3n) is 3.54. The molecule has 2 rings (SSSR count). The molecule has 5 nitrogen and oxygen atoms in total. The molecule has 0 saturated heterocycles. The Balaban J connectivity index is 2.25. The zero-order valence-electron chi connectivity index (χ0n) is 13.0. The number of hydrogen-bond donors (Lipinski definition) is 1. The molecule has 0 atom stereocenters. The SMILES string of the molecule is Cc1ccc([N+](=O)[O-])c(NC(=O)C=Cc2ccc(Cl)cc2Cl)c1C. The smallest absolute Gasteiger partial charge is 0.293 e. The lowest BCUT2D eigenvalue weighted by Gasteiger charge is -2.09. The van der Waals surface area contributed by atoms with Crippen molar-refractivity contribution in [2.24, 2.45) is 0 Å². The fourth-order valence-corrected chi connectivity index (χ4v) is 2.55. The van der Waals surface area contributed by atoms with Gasteiger partial charge in [-0.2, -0.15) is 0 Å². The minimum Gasteiger partial charge on any atom is -0.317 e. The molecule has 0 radical (unpaired) electrons. The van der Waals surface area contributed by atoms with E-state index in [-0.39, 0.29) is 11.4 Å². The summed E-state index contributed by atoms with van der Waals surface area (Å²) in [6.07, 6.45) is 2.78. The fourth-order valence-electron chi connectivity index (χ4n) is 2.08. The predicted molar refractivity (Wildman–Crippen MR) is 96.7 cm³/mol. The summed E-state index contributed by atoms with van der Waals surface area (Å²) in [5, 5.41) is 14.6. The Hall–Kier alpha value is -2.37. The maximum absolute atomic E-state index is 12.1. The summed E-state index contributed by atoms with van der Waals surface area (Å²) in [4.78, 5) is 22.7. The third kappa shape index (κ3) is 4.13. The van der Waals surface area contributed by atoms with Crippen LogP contribution < -0.4 is 5.32 Å². The molecule has 1 amide bonds. The molecule has 0 heterocycles. The summed E-state index contributed by atoms with van der Waals surface area (Å²) >= 11 is 11.8. The Morgan fingerprint density at radius 3 is 2.54 bits per heavy atom. The Labute approximate surface area is 149 Å². The van der Waals surface area contributed by atoms with Crippen molar-refractivity contribution in [3.05, 3.63) is 73.3 Å². The molecule has 0 fully saturated rings. The van der Waals surface area contributed by atoms with E-state index in [1.807, 2.05) is 6.92 Å². The van der Waals surface area contributed by atoms with Gasteiger partial charge in [-0.3, -0.25) is 14.9 Å². The number of amides is 1. The molecule has 0 aliphatic carbocycles. The Morgan fingerprint density at radius 2 is 1.92 bits per heavy atom. The predicted octanol–water partition coefficient (Wildman–Crippen LogP) is 5.17. The average molecular weight is 365 g/mol. The van der Waals surface area contributed by atoms with Crippen molar-refractivity contribution in [1.29, 1.82) is 0 Å². The van der Waals surface area contributed by atoms with Crippen LogP contribution in [0, 0.1) is 24.0 Å². The highest BCUT2D eigenvalue weighted by Crippen LogP contribution is 2.30. The van der Waals surface area contributed by atoms with Crippen LogP contribution >= 0.6 is 23.2 Å². The van der Waals surface area contributed by atoms with Gasteiger partial charge in [0.1, 0.15) is 5.69 Å². The second-order valence-corrected chi connectivity index (χ2v) is 5.99. The van der Waals surface area contributed by atoms with Gasteiger partial charge in [0.05, 0.1) is 4.92 Å². The Bertz CT molecular complexity index is 848. The van der Waals surface area contributed by atoms with E-state index in [1.54, 1.807) is 31.2 Å². The summed E-state index contributed by atoms with van der Waals surface area (Å²) < 4.78 is 0. The molecule has 0 spiro atoms. The summed E-state index contributed by atoms with van der Waals surface area (Å²) in [7, 11) is 0. The molecular formula is C17H14Cl2N2O3. The van der Waals surface area contributed by atoms with Gasteiger partial charge in [-0.15, -0.1) is 0 Å². The fraction of sp³-hybridized carbons (Fsp3) is 0.118. The lowest BCUT2D eigenvalue weighted by Crippen LogP contribution is -2.11. The Morgan fingerprint density at radius 1 is 1.21 bits per heavy atom. The van der Waals surface area contributed by atoms with E-state index < -0.39 is 10.8 Å². The van der Waals surface area contributed by atoms with Crippen molar-refractivity contribution in [3.63, 3.8) is 0 Å². The number of carbonyl (C=O) groups is 1. The first-order valence-corrected chi connectivity index (χ1v) is 7.74. The topological polar surface area (TPSA) is 72.2 Å². The zero-order chi connectivity index (χ0) is 17.9. The van der Waals surface area contributed by atoms with E-state index in [4.69, 9.17) is 23.2 Å². The molecule has 1 N–H and O–H groups in total. The van der Waals surface area contributed by atoms with Crippen molar-refractivity contribution in [3.8, 4) is 0 Å². The highest BCUT2D eigenvalue weighted by atomic mass is 35.5. The van der Waals surface area contributed by atoms with Crippen molar-refractivity contribution in [1.82, 2.24) is 0 Å². The van der Waals surface area contributed by atoms with Crippen LogP contribution in [0.4, 0.5) is 11.4 Å². The number of hydrogen-bond acceptors (Lipinski definition) is 3. The summed E-state index contributed by atoms with van der Waals surface area (Å²) in [5.74, 6) is -0.488. The lowest BCUT2D eigenvalue weighted by atomic mass is 10.1. The normalized spacial score (nSPS) is 10.8. The first-order chi connectivity index (χ1) is 11.3. The van der Waals surface area contributed by atoms with E-state index in [2.05, 4.69) is 5.32 Å². The third-order valence-corrected chi connectivity index (χ3v) is 4.10. The number of nitro benzene ring substituents is 1. The van der Waals surface area contributed by atoms with Crippen LogP contribution in [0.3, 0.4) is 0 Å². The molecule has 0 unspecified atom stereocenters. The maximum atomic E-state index is 12.1. The van der Waals surface area contributed by atoms with Crippen LogP contribution in [0.1, 0.15) is 16.7 Å². The van der Waals surface area contributed by atoms with Crippen molar-refractivity contribution >= 4 is 46.6 Å². The van der Waals surface area contributed by atoms with Crippen LogP contribution in [-0.2, 0) is 4.79 Å². The van der Waals surface area contributed by atoms with Gasteiger partial charge < -0.3 is 5.32 Å². The minimum absolute atomic E-state index is 0.149. The number of halogens is 2. The minimum atomic E-state index is -0.526. The molecule has 2 aromatic rings. The van der Waals surface area contributed by atoms with Gasteiger partial charge in [-0.25, -0.2) is 0 Å². The van der Waals surface area contributed by atoms with Gasteiger partial charge in [0.15, 0.2) is 0 Å². The summed E-state index contributed by atoms with van der Waals surface area (Å²) in [5.41, 5.74) is 2.16. The van der Waals surface area contributed by atoms with Gasteiger partial charge in [0.25, 0.3) is 5.69 Å². The van der Waals surface area contributed by atoms with E-state index in [1.165, 1.54) is 18.2 Å². The van der Waals surface area contributed by atoms with Gasteiger partial charge in [-0.1, -0.05) is 35.3 Å². The van der Waals surface area contributed by atoms with E-state index in [0.717, 1.165) is 5.56 Å². The number of anilines is 1. The standard InChI is InChI=1S/C17H14Cl2N2O3/c1-10-3-7-15(21(23)24)17(11(10)2)20-16(22)8-5-12-4-6-13(18)9-14(12)19/h3-9H,1-2H3,(H,20,22). The second-order valence-electron chi connectivity index (χ2n) is 5.15. The van der Waals surface area contributed by atoms with Crippen LogP contribution in [0.15, 0.2) is 36.4 Å². The molecule has 124 valence electrons. The number of aryl methyl sites for hydroxylation is 1. The second kappa shape index (κ2) is 7.47. The highest BCUT2D eigenvalue weighted by Gasteiger charge is 2.18. The number of nitrogens with one attached hydrogen (secondary N) is 1. The largest absolute Gasteiger partial charge is 0.317 e. The molecule has 7 heteroatoms. The zero-order valence-corrected chi connectivity index (χ0v) is 14.5. The van der Waals surface area contributed by atoms with Crippen LogP contribution in [0.2, 0.25) is 10.0 Å². The molecule has 24 heavy (non-hydrogen) atoms. The van der Waals surface area contributed by atoms with Crippen LogP contribution in [0.5, 0.6) is 0 Å². The van der Waals surface area contributed by atoms with Gasteiger partial charge in [0, 0.05) is 22.2 Å². The maximum Gasteiger partial charge on any atom is 0.293 e. The first kappa shape index (κ1) is 18.0. The number of nitrogens with zero attached hydrogens (tertiary/aromatic N) is 1. The first-order valence-electron chi connectivity index (χ1n) is 6.98. The monoisotopic (exact) mass is 364 g/mol. The van der Waals surface area contributed by atoms with Gasteiger partial charge >= 0.3 is 0 Å².